The highest BCUT2D eigenvalue weighted by Crippen LogP contribution is 2.12. The highest BCUT2D eigenvalue weighted by atomic mass is 16.2. The van der Waals surface area contributed by atoms with Gasteiger partial charge in [0.05, 0.1) is 0 Å². The highest BCUT2D eigenvalue weighted by molar-refractivity contribution is 5.76. The maximum atomic E-state index is 11.5. The number of hydrogen-bond acceptors (Lipinski definition) is 5. The normalized spacial score (nSPS) is 10.1. The molecule has 0 unspecified atom stereocenters. The zero-order valence-electron chi connectivity index (χ0n) is 12.2. The van der Waals surface area contributed by atoms with Crippen LogP contribution in [-0.4, -0.2) is 48.0 Å². The van der Waals surface area contributed by atoms with Crippen molar-refractivity contribution in [3.63, 3.8) is 0 Å². The molecule has 1 aromatic rings. The summed E-state index contributed by atoms with van der Waals surface area (Å²) in [4.78, 5) is 21.7. The molecular formula is C13H23N5O. The van der Waals surface area contributed by atoms with Crippen molar-refractivity contribution >= 4 is 17.7 Å². The summed E-state index contributed by atoms with van der Waals surface area (Å²) < 4.78 is 0. The molecular weight excluding hydrogens is 242 g/mol. The summed E-state index contributed by atoms with van der Waals surface area (Å²) in [5.74, 6) is 1.50. The van der Waals surface area contributed by atoms with Crippen molar-refractivity contribution in [3.05, 3.63) is 11.8 Å². The van der Waals surface area contributed by atoms with E-state index >= 15 is 0 Å². The summed E-state index contributed by atoms with van der Waals surface area (Å²) in [5.41, 5.74) is 0.972. The van der Waals surface area contributed by atoms with Gasteiger partial charge in [0.2, 0.25) is 11.9 Å². The predicted molar refractivity (Wildman–Crippen MR) is 77.4 cm³/mol. The minimum absolute atomic E-state index is 0.101. The number of hydrogen-bond donors (Lipinski definition) is 2. The van der Waals surface area contributed by atoms with Crippen LogP contribution < -0.4 is 10.6 Å². The van der Waals surface area contributed by atoms with Gasteiger partial charge in [-0.1, -0.05) is 6.92 Å². The van der Waals surface area contributed by atoms with Crippen LogP contribution in [-0.2, 0) is 4.79 Å². The van der Waals surface area contributed by atoms with Crippen LogP contribution in [0.5, 0.6) is 0 Å². The lowest BCUT2D eigenvalue weighted by Gasteiger charge is -2.12. The van der Waals surface area contributed by atoms with E-state index in [0.29, 0.717) is 18.9 Å². The van der Waals surface area contributed by atoms with Crippen LogP contribution in [0.2, 0.25) is 0 Å². The molecule has 0 aromatic carbocycles. The largest absolute Gasteiger partial charge is 0.369 e. The molecule has 6 heteroatoms. The Morgan fingerprint density at radius 1 is 1.32 bits per heavy atom. The Morgan fingerprint density at radius 3 is 2.68 bits per heavy atom. The molecule has 1 aromatic heterocycles. The van der Waals surface area contributed by atoms with Crippen LogP contribution >= 0.6 is 0 Å². The minimum atomic E-state index is 0.101. The summed E-state index contributed by atoms with van der Waals surface area (Å²) in [6.45, 7) is 5.45. The van der Waals surface area contributed by atoms with Crippen molar-refractivity contribution in [1.82, 2.24) is 14.9 Å². The Bertz CT molecular complexity index is 419. The lowest BCUT2D eigenvalue weighted by Crippen LogP contribution is -2.24. The van der Waals surface area contributed by atoms with E-state index in [4.69, 9.17) is 0 Å². The van der Waals surface area contributed by atoms with Gasteiger partial charge in [0, 0.05) is 45.4 Å². The summed E-state index contributed by atoms with van der Waals surface area (Å²) in [7, 11) is 3.51. The third kappa shape index (κ3) is 5.11. The van der Waals surface area contributed by atoms with Gasteiger partial charge in [-0.2, -0.15) is 4.98 Å². The maximum Gasteiger partial charge on any atom is 0.224 e. The van der Waals surface area contributed by atoms with Gasteiger partial charge in [0.15, 0.2) is 0 Å². The molecule has 0 aliphatic rings. The number of rotatable bonds is 7. The van der Waals surface area contributed by atoms with Crippen molar-refractivity contribution in [2.45, 2.75) is 26.7 Å². The number of aryl methyl sites for hydroxylation is 1. The number of anilines is 2. The standard InChI is InChI=1S/C13H23N5O/c1-5-7-15-13-16-9-10(2)12(17-13)14-8-6-11(19)18(3)4/h9H,5-8H2,1-4H3,(H2,14,15,16,17). The average molecular weight is 265 g/mol. The number of carbonyl (C=O) groups is 1. The van der Waals surface area contributed by atoms with E-state index in [0.717, 1.165) is 24.3 Å². The first-order valence-electron chi connectivity index (χ1n) is 6.56. The van der Waals surface area contributed by atoms with Gasteiger partial charge < -0.3 is 15.5 Å². The number of aromatic nitrogens is 2. The van der Waals surface area contributed by atoms with Crippen LogP contribution in [0.3, 0.4) is 0 Å². The second-order valence-electron chi connectivity index (χ2n) is 4.62. The SMILES string of the molecule is CCCNc1ncc(C)c(NCCC(=O)N(C)C)n1. The molecule has 0 saturated carbocycles. The van der Waals surface area contributed by atoms with Crippen LogP contribution in [0, 0.1) is 6.92 Å². The highest BCUT2D eigenvalue weighted by Gasteiger charge is 2.06. The van der Waals surface area contributed by atoms with E-state index in [2.05, 4.69) is 27.5 Å². The van der Waals surface area contributed by atoms with Gasteiger partial charge in [-0.3, -0.25) is 4.79 Å². The lowest BCUT2D eigenvalue weighted by atomic mass is 10.3. The van der Waals surface area contributed by atoms with E-state index in [1.165, 1.54) is 0 Å². The van der Waals surface area contributed by atoms with Gasteiger partial charge in [0.1, 0.15) is 5.82 Å². The number of amides is 1. The Morgan fingerprint density at radius 2 is 2.05 bits per heavy atom. The third-order valence-electron chi connectivity index (χ3n) is 2.63. The summed E-state index contributed by atoms with van der Waals surface area (Å²) in [6, 6.07) is 0. The summed E-state index contributed by atoms with van der Waals surface area (Å²) in [5, 5.41) is 6.32. The molecule has 1 heterocycles. The quantitative estimate of drug-likeness (QED) is 0.782. The molecule has 106 valence electrons. The van der Waals surface area contributed by atoms with E-state index in [1.807, 2.05) is 6.92 Å². The predicted octanol–water partition coefficient (Wildman–Crippen LogP) is 1.50. The molecule has 0 bridgehead atoms. The van der Waals surface area contributed by atoms with Crippen molar-refractivity contribution in [3.8, 4) is 0 Å². The molecule has 0 aliphatic carbocycles. The van der Waals surface area contributed by atoms with Crippen molar-refractivity contribution < 1.29 is 4.79 Å². The van der Waals surface area contributed by atoms with Crippen LogP contribution in [0.4, 0.5) is 11.8 Å². The van der Waals surface area contributed by atoms with Crippen LogP contribution in [0.25, 0.3) is 0 Å². The Balaban J connectivity index is 2.54. The van der Waals surface area contributed by atoms with Crippen molar-refractivity contribution in [1.29, 1.82) is 0 Å². The Hall–Kier alpha value is -1.85. The monoisotopic (exact) mass is 265 g/mol. The maximum absolute atomic E-state index is 11.5. The van der Waals surface area contributed by atoms with E-state index in [1.54, 1.807) is 25.2 Å². The molecule has 0 fully saturated rings. The molecule has 19 heavy (non-hydrogen) atoms. The summed E-state index contributed by atoms with van der Waals surface area (Å²) >= 11 is 0. The van der Waals surface area contributed by atoms with E-state index in [-0.39, 0.29) is 5.91 Å². The molecule has 2 N–H and O–H groups in total. The third-order valence-corrected chi connectivity index (χ3v) is 2.63. The molecule has 1 amide bonds. The van der Waals surface area contributed by atoms with Crippen molar-refractivity contribution in [2.75, 3.05) is 37.8 Å². The molecule has 0 atom stereocenters. The molecule has 1 rings (SSSR count). The minimum Gasteiger partial charge on any atom is -0.369 e. The van der Waals surface area contributed by atoms with Crippen LogP contribution in [0.15, 0.2) is 6.20 Å². The zero-order valence-corrected chi connectivity index (χ0v) is 12.2. The topological polar surface area (TPSA) is 70.2 Å². The van der Waals surface area contributed by atoms with Gasteiger partial charge in [-0.15, -0.1) is 0 Å². The van der Waals surface area contributed by atoms with Gasteiger partial charge >= 0.3 is 0 Å². The first kappa shape index (κ1) is 15.2. The fraction of sp³-hybridized carbons (Fsp3) is 0.615. The Kier molecular flexibility index (Phi) is 6.05. The van der Waals surface area contributed by atoms with E-state index in [9.17, 15) is 4.79 Å². The zero-order chi connectivity index (χ0) is 14.3. The average Bonchev–Trinajstić information content (AvgIpc) is 2.39. The van der Waals surface area contributed by atoms with Gasteiger partial charge in [-0.05, 0) is 13.3 Å². The van der Waals surface area contributed by atoms with Gasteiger partial charge in [-0.25, -0.2) is 4.98 Å². The second-order valence-corrected chi connectivity index (χ2v) is 4.62. The molecule has 0 saturated heterocycles. The van der Waals surface area contributed by atoms with Crippen molar-refractivity contribution in [2.24, 2.45) is 0 Å². The summed E-state index contributed by atoms with van der Waals surface area (Å²) in [6.07, 6.45) is 3.26. The first-order chi connectivity index (χ1) is 9.04. The first-order valence-corrected chi connectivity index (χ1v) is 6.56. The lowest BCUT2D eigenvalue weighted by molar-refractivity contribution is -0.128. The number of carbonyl (C=O) groups excluding carboxylic acids is 1. The molecule has 0 aliphatic heterocycles. The van der Waals surface area contributed by atoms with Gasteiger partial charge in [0.25, 0.3) is 0 Å². The molecule has 0 spiro atoms. The van der Waals surface area contributed by atoms with E-state index < -0.39 is 0 Å². The number of nitrogens with zero attached hydrogens (tertiary/aromatic N) is 3. The second kappa shape index (κ2) is 7.56. The smallest absolute Gasteiger partial charge is 0.224 e. The molecule has 0 radical (unpaired) electrons. The fourth-order valence-electron chi connectivity index (χ4n) is 1.45. The Labute approximate surface area is 114 Å². The van der Waals surface area contributed by atoms with Crippen LogP contribution in [0.1, 0.15) is 25.3 Å². The fourth-order valence-corrected chi connectivity index (χ4v) is 1.45. The number of nitrogens with one attached hydrogen (secondary N) is 2. The molecule has 6 nitrogen and oxygen atoms in total.